The molecule has 0 aliphatic heterocycles. The summed E-state index contributed by atoms with van der Waals surface area (Å²) in [7, 11) is -4.00. The van der Waals surface area contributed by atoms with Crippen molar-refractivity contribution in [3.05, 3.63) is 107 Å². The average Bonchev–Trinajstić information content (AvgIpc) is 3.16. The van der Waals surface area contributed by atoms with Gasteiger partial charge in [0.25, 0.3) is 15.9 Å². The lowest BCUT2D eigenvalue weighted by Crippen LogP contribution is -2.39. The molecule has 0 unspecified atom stereocenters. The van der Waals surface area contributed by atoms with Crippen LogP contribution in [0.4, 0.5) is 5.69 Å². The number of hydrogen-bond donors (Lipinski definition) is 1. The Morgan fingerprint density at radius 1 is 1.03 bits per heavy atom. The zero-order chi connectivity index (χ0) is 26.6. The van der Waals surface area contributed by atoms with E-state index in [1.54, 1.807) is 36.5 Å². The number of nitrogens with one attached hydrogen (secondary N) is 1. The molecule has 2 aromatic heterocycles. The van der Waals surface area contributed by atoms with Gasteiger partial charge in [-0.15, -0.1) is 0 Å². The maximum absolute atomic E-state index is 13.3. The van der Waals surface area contributed by atoms with Crippen molar-refractivity contribution in [3.8, 4) is 5.69 Å². The summed E-state index contributed by atoms with van der Waals surface area (Å²) in [5, 5.41) is 4.11. The van der Waals surface area contributed by atoms with E-state index in [0.717, 1.165) is 32.5 Å². The van der Waals surface area contributed by atoms with Gasteiger partial charge in [0.1, 0.15) is 6.54 Å². The molecule has 37 heavy (non-hydrogen) atoms. The number of benzene rings is 2. The van der Waals surface area contributed by atoms with Crippen molar-refractivity contribution in [1.29, 1.82) is 0 Å². The van der Waals surface area contributed by atoms with E-state index in [1.165, 1.54) is 30.1 Å². The van der Waals surface area contributed by atoms with Crippen LogP contribution in [0.1, 0.15) is 28.1 Å². The molecule has 0 aliphatic rings. The number of hydrogen-bond acceptors (Lipinski definition) is 5. The van der Waals surface area contributed by atoms with Crippen LogP contribution in [-0.2, 0) is 14.8 Å². The van der Waals surface area contributed by atoms with Gasteiger partial charge >= 0.3 is 0 Å². The monoisotopic (exact) mass is 515 g/mol. The number of sulfonamides is 1. The van der Waals surface area contributed by atoms with Gasteiger partial charge < -0.3 is 4.57 Å². The summed E-state index contributed by atoms with van der Waals surface area (Å²) in [4.78, 5) is 16.9. The van der Waals surface area contributed by atoms with Crippen molar-refractivity contribution < 1.29 is 13.2 Å². The number of rotatable bonds is 8. The lowest BCUT2D eigenvalue weighted by molar-refractivity contribution is -0.119. The first-order chi connectivity index (χ1) is 17.7. The number of anilines is 1. The summed E-state index contributed by atoms with van der Waals surface area (Å²) in [5.41, 5.74) is 9.05. The molecule has 8 nitrogen and oxygen atoms in total. The molecular weight excluding hydrogens is 486 g/mol. The molecule has 0 atom stereocenters. The highest BCUT2D eigenvalue weighted by molar-refractivity contribution is 7.92. The fourth-order valence-corrected chi connectivity index (χ4v) is 5.65. The molecule has 0 fully saturated rings. The molecule has 0 saturated carbocycles. The second-order valence-corrected chi connectivity index (χ2v) is 10.6. The van der Waals surface area contributed by atoms with Crippen LogP contribution in [-0.4, -0.2) is 36.6 Å². The van der Waals surface area contributed by atoms with Crippen molar-refractivity contribution in [2.24, 2.45) is 5.10 Å². The Kier molecular flexibility index (Phi) is 7.54. The number of hydrazone groups is 1. The van der Waals surface area contributed by atoms with Gasteiger partial charge in [0.15, 0.2) is 0 Å². The third-order valence-corrected chi connectivity index (χ3v) is 7.80. The molecule has 1 amide bonds. The summed E-state index contributed by atoms with van der Waals surface area (Å²) in [6.07, 6.45) is 4.51. The van der Waals surface area contributed by atoms with Gasteiger partial charge in [-0.3, -0.25) is 14.1 Å². The number of pyridine rings is 1. The van der Waals surface area contributed by atoms with Crippen molar-refractivity contribution in [1.82, 2.24) is 15.0 Å². The van der Waals surface area contributed by atoms with Gasteiger partial charge in [-0.05, 0) is 69.7 Å². The SMILES string of the molecule is Cc1ccc(-n2c(C)cc(/C=N\NC(=O)CN(c3cccnc3)S(=O)(=O)c3ccccc3)c2C)c(C)c1. The van der Waals surface area contributed by atoms with E-state index in [2.05, 4.69) is 52.1 Å². The molecule has 1 N–H and O–H groups in total. The van der Waals surface area contributed by atoms with Gasteiger partial charge in [0.2, 0.25) is 0 Å². The van der Waals surface area contributed by atoms with Crippen LogP contribution >= 0.6 is 0 Å². The van der Waals surface area contributed by atoms with Crippen LogP contribution in [0.3, 0.4) is 0 Å². The Morgan fingerprint density at radius 3 is 2.46 bits per heavy atom. The molecule has 0 saturated heterocycles. The van der Waals surface area contributed by atoms with Crippen LogP contribution in [0.5, 0.6) is 0 Å². The second kappa shape index (κ2) is 10.8. The predicted molar refractivity (Wildman–Crippen MR) is 146 cm³/mol. The molecule has 0 radical (unpaired) electrons. The first-order valence-electron chi connectivity index (χ1n) is 11.7. The van der Waals surface area contributed by atoms with E-state index in [0.29, 0.717) is 0 Å². The zero-order valence-corrected chi connectivity index (χ0v) is 22.0. The van der Waals surface area contributed by atoms with Crippen molar-refractivity contribution in [2.45, 2.75) is 32.6 Å². The van der Waals surface area contributed by atoms with Gasteiger partial charge in [0, 0.05) is 28.8 Å². The third-order valence-electron chi connectivity index (χ3n) is 6.01. The highest BCUT2D eigenvalue weighted by Gasteiger charge is 2.27. The standard InChI is InChI=1S/C28H29N5O3S/c1-20-12-13-27(21(2)15-20)33-22(3)16-24(23(33)4)17-30-31-28(34)19-32(25-9-8-14-29-18-25)37(35,36)26-10-6-5-7-11-26/h5-18H,19H2,1-4H3,(H,31,34)/b30-17-. The van der Waals surface area contributed by atoms with Crippen molar-refractivity contribution >= 4 is 27.8 Å². The number of aryl methyl sites for hydroxylation is 3. The van der Waals surface area contributed by atoms with Crippen LogP contribution in [0.15, 0.2) is 89.1 Å². The molecule has 2 heterocycles. The van der Waals surface area contributed by atoms with E-state index in [4.69, 9.17) is 0 Å². The average molecular weight is 516 g/mol. The van der Waals surface area contributed by atoms with Crippen molar-refractivity contribution in [2.75, 3.05) is 10.8 Å². The van der Waals surface area contributed by atoms with Crippen LogP contribution in [0.2, 0.25) is 0 Å². The first kappa shape index (κ1) is 25.8. The Bertz CT molecular complexity index is 1550. The van der Waals surface area contributed by atoms with E-state index in [1.807, 2.05) is 19.9 Å². The number of carbonyl (C=O) groups excluding carboxylic acids is 1. The Labute approximate surface area is 217 Å². The zero-order valence-electron chi connectivity index (χ0n) is 21.2. The van der Waals surface area contributed by atoms with Gasteiger partial charge in [-0.1, -0.05) is 35.9 Å². The fraction of sp³-hybridized carbons (Fsp3) is 0.179. The van der Waals surface area contributed by atoms with Crippen LogP contribution in [0.25, 0.3) is 5.69 Å². The first-order valence-corrected chi connectivity index (χ1v) is 13.2. The van der Waals surface area contributed by atoms with Gasteiger partial charge in [0.05, 0.1) is 23.0 Å². The van der Waals surface area contributed by atoms with E-state index < -0.39 is 22.5 Å². The molecule has 9 heteroatoms. The summed E-state index contributed by atoms with van der Waals surface area (Å²) in [6.45, 7) is 7.69. The molecule has 2 aromatic carbocycles. The normalized spacial score (nSPS) is 11.6. The lowest BCUT2D eigenvalue weighted by Gasteiger charge is -2.23. The van der Waals surface area contributed by atoms with E-state index in [-0.39, 0.29) is 10.6 Å². The predicted octanol–water partition coefficient (Wildman–Crippen LogP) is 4.45. The van der Waals surface area contributed by atoms with Gasteiger partial charge in [-0.2, -0.15) is 5.10 Å². The molecule has 4 rings (SSSR count). The summed E-state index contributed by atoms with van der Waals surface area (Å²) in [6, 6.07) is 19.5. The lowest BCUT2D eigenvalue weighted by atomic mass is 10.1. The maximum Gasteiger partial charge on any atom is 0.264 e. The molecule has 4 aromatic rings. The largest absolute Gasteiger partial charge is 0.318 e. The van der Waals surface area contributed by atoms with E-state index >= 15 is 0 Å². The number of carbonyl (C=O) groups is 1. The van der Waals surface area contributed by atoms with Crippen LogP contribution < -0.4 is 9.73 Å². The minimum Gasteiger partial charge on any atom is -0.318 e. The second-order valence-electron chi connectivity index (χ2n) is 8.78. The molecule has 0 aliphatic carbocycles. The molecular formula is C28H29N5O3S. The van der Waals surface area contributed by atoms with Gasteiger partial charge in [-0.25, -0.2) is 13.8 Å². The summed E-state index contributed by atoms with van der Waals surface area (Å²) in [5.74, 6) is -0.581. The number of amides is 1. The minimum atomic E-state index is -4.00. The Balaban J connectivity index is 1.54. The topological polar surface area (TPSA) is 96.7 Å². The van der Waals surface area contributed by atoms with Crippen LogP contribution in [0, 0.1) is 27.7 Å². The highest BCUT2D eigenvalue weighted by Crippen LogP contribution is 2.24. The maximum atomic E-state index is 13.3. The summed E-state index contributed by atoms with van der Waals surface area (Å²) < 4.78 is 29.8. The highest BCUT2D eigenvalue weighted by atomic mass is 32.2. The Hall–Kier alpha value is -4.24. The quantitative estimate of drug-likeness (QED) is 0.277. The fourth-order valence-electron chi connectivity index (χ4n) is 4.22. The van der Waals surface area contributed by atoms with Crippen molar-refractivity contribution in [3.63, 3.8) is 0 Å². The number of nitrogens with zero attached hydrogens (tertiary/aromatic N) is 4. The molecule has 0 bridgehead atoms. The number of aromatic nitrogens is 2. The Morgan fingerprint density at radius 2 is 1.78 bits per heavy atom. The smallest absolute Gasteiger partial charge is 0.264 e. The third kappa shape index (κ3) is 5.62. The molecule has 190 valence electrons. The minimum absolute atomic E-state index is 0.0778. The summed E-state index contributed by atoms with van der Waals surface area (Å²) >= 11 is 0. The molecule has 0 spiro atoms. The van der Waals surface area contributed by atoms with E-state index in [9.17, 15) is 13.2 Å².